The van der Waals surface area contributed by atoms with Crippen LogP contribution in [0.4, 0.5) is 0 Å². The van der Waals surface area contributed by atoms with Crippen molar-refractivity contribution in [1.82, 2.24) is 10.3 Å². The summed E-state index contributed by atoms with van der Waals surface area (Å²) >= 11 is 0. The lowest BCUT2D eigenvalue weighted by atomic mass is 9.86. The maximum absolute atomic E-state index is 4.14. The molecule has 0 spiro atoms. The Morgan fingerprint density at radius 1 is 1.05 bits per heavy atom. The van der Waals surface area contributed by atoms with Gasteiger partial charge in [-0.2, -0.15) is 0 Å². The Hall–Kier alpha value is -1.67. The van der Waals surface area contributed by atoms with Crippen molar-refractivity contribution in [2.45, 2.75) is 45.6 Å². The van der Waals surface area contributed by atoms with Crippen LogP contribution in [-0.2, 0) is 6.42 Å². The van der Waals surface area contributed by atoms with E-state index in [1.165, 1.54) is 16.7 Å². The zero-order valence-corrected chi connectivity index (χ0v) is 13.3. The molecule has 2 rings (SSSR count). The van der Waals surface area contributed by atoms with Crippen molar-refractivity contribution in [3.05, 3.63) is 65.5 Å². The molecule has 1 N–H and O–H groups in total. The van der Waals surface area contributed by atoms with Gasteiger partial charge in [-0.15, -0.1) is 0 Å². The summed E-state index contributed by atoms with van der Waals surface area (Å²) in [6.45, 7) is 7.78. The standard InChI is InChI=1S/C19H26N2/c1-4-12-21-19(15(3)17-10-13-20-14-11-17)18-9-7-6-8-16(18)5-2/h6-11,13-15,19,21H,4-5,12H2,1-3H3. The van der Waals surface area contributed by atoms with Gasteiger partial charge in [0.15, 0.2) is 0 Å². The van der Waals surface area contributed by atoms with E-state index in [1.807, 2.05) is 12.4 Å². The van der Waals surface area contributed by atoms with Crippen LogP contribution in [0.15, 0.2) is 48.8 Å². The van der Waals surface area contributed by atoms with Crippen molar-refractivity contribution in [1.29, 1.82) is 0 Å². The lowest BCUT2D eigenvalue weighted by Gasteiger charge is -2.28. The average molecular weight is 282 g/mol. The smallest absolute Gasteiger partial charge is 0.0389 e. The fourth-order valence-electron chi connectivity index (χ4n) is 2.87. The molecule has 1 aromatic carbocycles. The zero-order valence-electron chi connectivity index (χ0n) is 13.3. The van der Waals surface area contributed by atoms with Crippen LogP contribution in [0.5, 0.6) is 0 Å². The molecule has 2 atom stereocenters. The summed E-state index contributed by atoms with van der Waals surface area (Å²) in [4.78, 5) is 4.14. The number of nitrogens with zero attached hydrogens (tertiary/aromatic N) is 1. The Morgan fingerprint density at radius 3 is 2.43 bits per heavy atom. The van der Waals surface area contributed by atoms with E-state index in [1.54, 1.807) is 0 Å². The van der Waals surface area contributed by atoms with E-state index in [4.69, 9.17) is 0 Å². The predicted molar refractivity (Wildman–Crippen MR) is 89.5 cm³/mol. The van der Waals surface area contributed by atoms with Crippen molar-refractivity contribution >= 4 is 0 Å². The molecule has 0 fully saturated rings. The Morgan fingerprint density at radius 2 is 1.76 bits per heavy atom. The molecule has 2 nitrogen and oxygen atoms in total. The molecule has 0 aliphatic rings. The Kier molecular flexibility index (Phi) is 5.94. The van der Waals surface area contributed by atoms with Crippen LogP contribution in [0.2, 0.25) is 0 Å². The number of benzene rings is 1. The van der Waals surface area contributed by atoms with Gasteiger partial charge in [0.1, 0.15) is 0 Å². The molecular formula is C19H26N2. The molecule has 112 valence electrons. The van der Waals surface area contributed by atoms with Gasteiger partial charge in [0, 0.05) is 24.4 Å². The first-order chi connectivity index (χ1) is 10.3. The second-order valence-electron chi connectivity index (χ2n) is 5.55. The molecule has 0 saturated heterocycles. The predicted octanol–water partition coefficient (Wildman–Crippen LogP) is 4.49. The van der Waals surface area contributed by atoms with Gasteiger partial charge in [-0.05, 0) is 48.2 Å². The van der Waals surface area contributed by atoms with Crippen LogP contribution in [0.25, 0.3) is 0 Å². The average Bonchev–Trinajstić information content (AvgIpc) is 2.56. The minimum Gasteiger partial charge on any atom is -0.309 e. The second-order valence-corrected chi connectivity index (χ2v) is 5.55. The maximum atomic E-state index is 4.14. The number of pyridine rings is 1. The third kappa shape index (κ3) is 3.92. The maximum Gasteiger partial charge on any atom is 0.0389 e. The quantitative estimate of drug-likeness (QED) is 0.809. The van der Waals surface area contributed by atoms with Crippen LogP contribution >= 0.6 is 0 Å². The number of aryl methyl sites for hydroxylation is 1. The summed E-state index contributed by atoms with van der Waals surface area (Å²) < 4.78 is 0. The summed E-state index contributed by atoms with van der Waals surface area (Å²) in [5, 5.41) is 3.74. The summed E-state index contributed by atoms with van der Waals surface area (Å²) in [6, 6.07) is 13.4. The molecule has 2 heteroatoms. The highest BCUT2D eigenvalue weighted by Gasteiger charge is 2.21. The molecule has 0 amide bonds. The highest BCUT2D eigenvalue weighted by molar-refractivity contribution is 5.33. The monoisotopic (exact) mass is 282 g/mol. The zero-order chi connectivity index (χ0) is 15.1. The molecule has 1 aromatic heterocycles. The summed E-state index contributed by atoms with van der Waals surface area (Å²) in [5.41, 5.74) is 4.20. The van der Waals surface area contributed by atoms with Crippen molar-refractivity contribution in [2.75, 3.05) is 6.54 Å². The van der Waals surface area contributed by atoms with E-state index in [0.717, 1.165) is 19.4 Å². The van der Waals surface area contributed by atoms with Crippen molar-refractivity contribution in [2.24, 2.45) is 0 Å². The molecule has 0 saturated carbocycles. The van der Waals surface area contributed by atoms with Gasteiger partial charge in [-0.25, -0.2) is 0 Å². The summed E-state index contributed by atoms with van der Waals surface area (Å²) in [5.74, 6) is 0.423. The molecule has 1 heterocycles. The normalized spacial score (nSPS) is 13.9. The van der Waals surface area contributed by atoms with Gasteiger partial charge in [-0.3, -0.25) is 4.98 Å². The minimum absolute atomic E-state index is 0.350. The summed E-state index contributed by atoms with van der Waals surface area (Å²) in [6.07, 6.45) is 5.99. The topological polar surface area (TPSA) is 24.9 Å². The minimum atomic E-state index is 0.350. The first-order valence-electron chi connectivity index (χ1n) is 7.99. The second kappa shape index (κ2) is 7.94. The Labute approximate surface area is 128 Å². The fraction of sp³-hybridized carbons (Fsp3) is 0.421. The lowest BCUT2D eigenvalue weighted by molar-refractivity contribution is 0.463. The molecule has 0 aliphatic heterocycles. The van der Waals surface area contributed by atoms with Gasteiger partial charge in [0.25, 0.3) is 0 Å². The lowest BCUT2D eigenvalue weighted by Crippen LogP contribution is -2.27. The van der Waals surface area contributed by atoms with Crippen molar-refractivity contribution in [3.8, 4) is 0 Å². The SMILES string of the molecule is CCCNC(c1ccccc1CC)C(C)c1ccncc1. The number of nitrogens with one attached hydrogen (secondary N) is 1. The van der Waals surface area contributed by atoms with Gasteiger partial charge in [0.2, 0.25) is 0 Å². The van der Waals surface area contributed by atoms with Crippen molar-refractivity contribution in [3.63, 3.8) is 0 Å². The van der Waals surface area contributed by atoms with E-state index in [-0.39, 0.29) is 0 Å². The Balaban J connectivity index is 2.33. The number of rotatable bonds is 7. The van der Waals surface area contributed by atoms with Crippen LogP contribution in [0, 0.1) is 0 Å². The molecule has 0 bridgehead atoms. The largest absolute Gasteiger partial charge is 0.309 e. The van der Waals surface area contributed by atoms with Crippen LogP contribution in [0.3, 0.4) is 0 Å². The van der Waals surface area contributed by atoms with Gasteiger partial charge in [-0.1, -0.05) is 45.0 Å². The third-order valence-corrected chi connectivity index (χ3v) is 4.12. The highest BCUT2D eigenvalue weighted by Crippen LogP contribution is 2.32. The van der Waals surface area contributed by atoms with E-state index in [0.29, 0.717) is 12.0 Å². The highest BCUT2D eigenvalue weighted by atomic mass is 14.9. The molecular weight excluding hydrogens is 256 g/mol. The van der Waals surface area contributed by atoms with E-state index in [2.05, 4.69) is 67.5 Å². The molecule has 0 radical (unpaired) electrons. The molecule has 0 aliphatic carbocycles. The number of hydrogen-bond donors (Lipinski definition) is 1. The van der Waals surface area contributed by atoms with Gasteiger partial charge < -0.3 is 5.32 Å². The molecule has 21 heavy (non-hydrogen) atoms. The van der Waals surface area contributed by atoms with Crippen LogP contribution < -0.4 is 5.32 Å². The van der Waals surface area contributed by atoms with Gasteiger partial charge >= 0.3 is 0 Å². The fourth-order valence-corrected chi connectivity index (χ4v) is 2.87. The van der Waals surface area contributed by atoms with E-state index in [9.17, 15) is 0 Å². The molecule has 2 unspecified atom stereocenters. The molecule has 2 aromatic rings. The van der Waals surface area contributed by atoms with Crippen LogP contribution in [-0.4, -0.2) is 11.5 Å². The number of aromatic nitrogens is 1. The van der Waals surface area contributed by atoms with E-state index >= 15 is 0 Å². The van der Waals surface area contributed by atoms with Gasteiger partial charge in [0.05, 0.1) is 0 Å². The summed E-state index contributed by atoms with van der Waals surface area (Å²) in [7, 11) is 0. The Bertz CT molecular complexity index is 536. The first-order valence-corrected chi connectivity index (χ1v) is 7.99. The van der Waals surface area contributed by atoms with Crippen molar-refractivity contribution < 1.29 is 0 Å². The van der Waals surface area contributed by atoms with Crippen LogP contribution in [0.1, 0.15) is 55.8 Å². The first kappa shape index (κ1) is 15.7. The van der Waals surface area contributed by atoms with E-state index < -0.39 is 0 Å². The number of hydrogen-bond acceptors (Lipinski definition) is 2. The third-order valence-electron chi connectivity index (χ3n) is 4.12.